The van der Waals surface area contributed by atoms with Crippen LogP contribution in [-0.2, 0) is 6.54 Å². The number of ether oxygens (including phenoxy) is 1. The number of hydrogen-bond acceptors (Lipinski definition) is 4. The van der Waals surface area contributed by atoms with Crippen LogP contribution < -0.4 is 10.1 Å². The van der Waals surface area contributed by atoms with Gasteiger partial charge in [0.2, 0.25) is 0 Å². The minimum atomic E-state index is -0.840. The zero-order chi connectivity index (χ0) is 16.0. The van der Waals surface area contributed by atoms with Crippen molar-refractivity contribution in [3.05, 3.63) is 23.5 Å². The van der Waals surface area contributed by atoms with Gasteiger partial charge in [-0.3, -0.25) is 4.98 Å². The quantitative estimate of drug-likeness (QED) is 0.774. The van der Waals surface area contributed by atoms with Crippen molar-refractivity contribution in [2.24, 2.45) is 11.8 Å². The number of nitrogens with one attached hydrogen (secondary N) is 1. The zero-order valence-corrected chi connectivity index (χ0v) is 14.2. The Morgan fingerprint density at radius 3 is 2.52 bits per heavy atom. The first kappa shape index (κ1) is 17.9. The maximum atomic E-state index is 10.3. The molecule has 4 heteroatoms. The second kappa shape index (κ2) is 7.76. The Morgan fingerprint density at radius 1 is 1.29 bits per heavy atom. The summed E-state index contributed by atoms with van der Waals surface area (Å²) in [6.45, 7) is 14.0. The molecule has 4 nitrogen and oxygen atoms in total. The fraction of sp³-hybridized carbons (Fsp3) is 0.706. The van der Waals surface area contributed by atoms with Crippen molar-refractivity contribution < 1.29 is 9.84 Å². The van der Waals surface area contributed by atoms with Gasteiger partial charge >= 0.3 is 0 Å². The van der Waals surface area contributed by atoms with Gasteiger partial charge < -0.3 is 15.2 Å². The lowest BCUT2D eigenvalue weighted by molar-refractivity contribution is -0.0270. The normalized spacial score (nSPS) is 14.5. The van der Waals surface area contributed by atoms with E-state index in [9.17, 15) is 5.11 Å². The van der Waals surface area contributed by atoms with Crippen LogP contribution in [-0.4, -0.2) is 28.8 Å². The number of hydrogen-bond donors (Lipinski definition) is 2. The molecular weight excluding hydrogens is 264 g/mol. The summed E-state index contributed by atoms with van der Waals surface area (Å²) >= 11 is 0. The molecule has 1 aromatic rings. The van der Waals surface area contributed by atoms with Gasteiger partial charge in [-0.2, -0.15) is 0 Å². The van der Waals surface area contributed by atoms with Crippen LogP contribution in [0.15, 0.2) is 12.1 Å². The molecule has 120 valence electrons. The van der Waals surface area contributed by atoms with Gasteiger partial charge in [0.1, 0.15) is 12.4 Å². The van der Waals surface area contributed by atoms with Crippen LogP contribution in [0.3, 0.4) is 0 Å². The molecule has 0 fully saturated rings. The van der Waals surface area contributed by atoms with E-state index in [1.807, 2.05) is 32.9 Å². The third-order valence-electron chi connectivity index (χ3n) is 3.68. The Labute approximate surface area is 128 Å². The Hall–Kier alpha value is -1.13. The third kappa shape index (κ3) is 6.02. The van der Waals surface area contributed by atoms with Gasteiger partial charge in [0, 0.05) is 12.2 Å². The van der Waals surface area contributed by atoms with E-state index in [1.165, 1.54) is 0 Å². The van der Waals surface area contributed by atoms with Crippen LogP contribution in [0.2, 0.25) is 0 Å². The van der Waals surface area contributed by atoms with Crippen LogP contribution in [0.5, 0.6) is 5.75 Å². The molecule has 0 saturated heterocycles. The Balaban J connectivity index is 2.72. The molecule has 0 aliphatic rings. The number of nitrogens with zero attached hydrogens (tertiary/aromatic N) is 1. The minimum absolute atomic E-state index is 0.137. The highest BCUT2D eigenvalue weighted by molar-refractivity contribution is 5.29. The van der Waals surface area contributed by atoms with Gasteiger partial charge in [-0.15, -0.1) is 0 Å². The van der Waals surface area contributed by atoms with E-state index in [1.54, 1.807) is 6.92 Å². The maximum absolute atomic E-state index is 10.3. The van der Waals surface area contributed by atoms with Crippen LogP contribution >= 0.6 is 0 Å². The number of pyridine rings is 1. The largest absolute Gasteiger partial charge is 0.489 e. The average molecular weight is 294 g/mol. The van der Waals surface area contributed by atoms with E-state index in [4.69, 9.17) is 4.74 Å². The summed E-state index contributed by atoms with van der Waals surface area (Å²) in [4.78, 5) is 4.55. The van der Waals surface area contributed by atoms with Crippen LogP contribution in [0.4, 0.5) is 0 Å². The van der Waals surface area contributed by atoms with E-state index >= 15 is 0 Å². The van der Waals surface area contributed by atoms with Crippen molar-refractivity contribution in [2.75, 3.05) is 13.2 Å². The minimum Gasteiger partial charge on any atom is -0.489 e. The highest BCUT2D eigenvalue weighted by Crippen LogP contribution is 2.21. The lowest BCUT2D eigenvalue weighted by atomic mass is 9.94. The Bertz CT molecular complexity index is 442. The van der Waals surface area contributed by atoms with Crippen molar-refractivity contribution >= 4 is 0 Å². The zero-order valence-electron chi connectivity index (χ0n) is 14.2. The molecule has 1 atom stereocenters. The lowest BCUT2D eigenvalue weighted by Crippen LogP contribution is -2.38. The maximum Gasteiger partial charge on any atom is 0.142 e. The predicted octanol–water partition coefficient (Wildman–Crippen LogP) is 2.92. The van der Waals surface area contributed by atoms with Gasteiger partial charge in [0.25, 0.3) is 0 Å². The van der Waals surface area contributed by atoms with Crippen LogP contribution in [0, 0.1) is 18.8 Å². The molecule has 0 aliphatic heterocycles. The molecule has 0 amide bonds. The molecule has 1 unspecified atom stereocenters. The predicted molar refractivity (Wildman–Crippen MR) is 86.5 cm³/mol. The summed E-state index contributed by atoms with van der Waals surface area (Å²) in [6, 6.07) is 3.87. The summed E-state index contributed by atoms with van der Waals surface area (Å²) in [5.74, 6) is 1.48. The van der Waals surface area contributed by atoms with Gasteiger partial charge in [0.05, 0.1) is 11.3 Å². The van der Waals surface area contributed by atoms with E-state index in [2.05, 4.69) is 24.1 Å². The number of aliphatic hydroxyl groups is 1. The molecule has 0 spiro atoms. The van der Waals surface area contributed by atoms with Gasteiger partial charge in [-0.1, -0.05) is 27.7 Å². The summed E-state index contributed by atoms with van der Waals surface area (Å²) in [6.07, 6.45) is 0. The summed E-state index contributed by atoms with van der Waals surface area (Å²) < 4.78 is 5.82. The first-order valence-electron chi connectivity index (χ1n) is 7.74. The molecule has 0 bridgehead atoms. The number of rotatable bonds is 8. The second-order valence-corrected chi connectivity index (χ2v) is 6.72. The highest BCUT2D eigenvalue weighted by atomic mass is 16.5. The summed E-state index contributed by atoms with van der Waals surface area (Å²) in [5, 5.41) is 13.7. The molecule has 0 aliphatic carbocycles. The highest BCUT2D eigenvalue weighted by Gasteiger charge is 2.26. The number of aromatic nitrogens is 1. The fourth-order valence-corrected chi connectivity index (χ4v) is 1.73. The van der Waals surface area contributed by atoms with Gasteiger partial charge in [-0.25, -0.2) is 0 Å². The molecule has 0 aromatic carbocycles. The molecule has 2 N–H and O–H groups in total. The molecule has 0 saturated carbocycles. The average Bonchev–Trinajstić information content (AvgIpc) is 2.37. The summed E-state index contributed by atoms with van der Waals surface area (Å²) in [5.41, 5.74) is 1.03. The topological polar surface area (TPSA) is 54.4 Å². The van der Waals surface area contributed by atoms with E-state index in [-0.39, 0.29) is 12.5 Å². The molecule has 1 aromatic heterocycles. The van der Waals surface area contributed by atoms with Gasteiger partial charge in [0.15, 0.2) is 0 Å². The second-order valence-electron chi connectivity index (χ2n) is 6.72. The smallest absolute Gasteiger partial charge is 0.142 e. The van der Waals surface area contributed by atoms with Crippen molar-refractivity contribution in [1.29, 1.82) is 0 Å². The van der Waals surface area contributed by atoms with E-state index in [0.29, 0.717) is 12.5 Å². The lowest BCUT2D eigenvalue weighted by Gasteiger charge is -2.28. The fourth-order valence-electron chi connectivity index (χ4n) is 1.73. The monoisotopic (exact) mass is 294 g/mol. The van der Waals surface area contributed by atoms with E-state index in [0.717, 1.165) is 23.7 Å². The SMILES string of the molecule is Cc1ccc(OCC(C)(O)C(C)C)c(CNCC(C)C)n1. The molecule has 1 rings (SSSR count). The first-order chi connectivity index (χ1) is 9.72. The standard InChI is InChI=1S/C17H30N2O2/c1-12(2)9-18-10-15-16(8-7-14(5)19-15)21-11-17(6,20)13(3)4/h7-8,12-13,18,20H,9-11H2,1-6H3. The van der Waals surface area contributed by atoms with Gasteiger partial charge in [-0.05, 0) is 44.4 Å². The first-order valence-corrected chi connectivity index (χ1v) is 7.74. The van der Waals surface area contributed by atoms with Crippen molar-refractivity contribution in [3.8, 4) is 5.75 Å². The van der Waals surface area contributed by atoms with Crippen molar-refractivity contribution in [1.82, 2.24) is 10.3 Å². The molecule has 21 heavy (non-hydrogen) atoms. The summed E-state index contributed by atoms with van der Waals surface area (Å²) in [7, 11) is 0. The molecular formula is C17H30N2O2. The van der Waals surface area contributed by atoms with Crippen LogP contribution in [0.1, 0.15) is 46.0 Å². The Kier molecular flexibility index (Phi) is 6.62. The Morgan fingerprint density at radius 2 is 1.95 bits per heavy atom. The van der Waals surface area contributed by atoms with Crippen molar-refractivity contribution in [2.45, 2.75) is 53.7 Å². The molecule has 0 radical (unpaired) electrons. The van der Waals surface area contributed by atoms with E-state index < -0.39 is 5.60 Å². The molecule has 1 heterocycles. The van der Waals surface area contributed by atoms with Crippen LogP contribution in [0.25, 0.3) is 0 Å². The third-order valence-corrected chi connectivity index (χ3v) is 3.68. The van der Waals surface area contributed by atoms with Crippen molar-refractivity contribution in [3.63, 3.8) is 0 Å². The number of aryl methyl sites for hydroxylation is 1.